The molecule has 4 aliphatic rings. The number of hydrogen-bond acceptors (Lipinski definition) is 13. The molecule has 1 aliphatic carbocycles. The zero-order valence-corrected chi connectivity index (χ0v) is 38.8. The number of hydrogen-bond donors (Lipinski definition) is 3. The molecule has 352 valence electrons. The third kappa shape index (κ3) is 12.2. The van der Waals surface area contributed by atoms with Crippen LogP contribution in [0.3, 0.4) is 0 Å². The standard InChI is InChI=1S/C49H73NO13/c1-10-34-22-28(2)21-29(3)23-42(59-8)45-43(60-9)25-31(5)49(57,63-45)46(54)47(55)50-20-12-11-13-37(50)48(56)62-44(32(6)39(52)27-40(34)53)30(4)24-33-14-19-38(51)41(26-33)61-36-17-15-35(58-7)16-18-36/h15-18,22,24,29,31-34,37-39,41-45,51-52,57H,10-14,19-21,23,25-27H2,1-9H3/b28-22+,30-24?. The average Bonchev–Trinajstić information content (AvgIpc) is 3.27. The Morgan fingerprint density at radius 1 is 0.873 bits per heavy atom. The number of aliphatic hydroxyl groups is 3. The van der Waals surface area contributed by atoms with Crippen LogP contribution in [0.2, 0.25) is 0 Å². The lowest BCUT2D eigenvalue weighted by Gasteiger charge is -2.47. The number of amides is 1. The first-order chi connectivity index (χ1) is 29.9. The van der Waals surface area contributed by atoms with Crippen LogP contribution < -0.4 is 9.47 Å². The van der Waals surface area contributed by atoms with E-state index in [1.807, 2.05) is 39.8 Å². The molecule has 14 atom stereocenters. The molecule has 63 heavy (non-hydrogen) atoms. The van der Waals surface area contributed by atoms with E-state index in [-0.39, 0.29) is 43.4 Å². The van der Waals surface area contributed by atoms with Gasteiger partial charge in [0.15, 0.2) is 0 Å². The van der Waals surface area contributed by atoms with Crippen LogP contribution in [0.15, 0.2) is 47.6 Å². The molecule has 0 aromatic heterocycles. The van der Waals surface area contributed by atoms with Crippen LogP contribution in [0.4, 0.5) is 0 Å². The molecule has 14 nitrogen and oxygen atoms in total. The Hall–Kier alpha value is -3.66. The average molecular weight is 884 g/mol. The third-order valence-electron chi connectivity index (χ3n) is 13.9. The van der Waals surface area contributed by atoms with Crippen molar-refractivity contribution in [3.8, 4) is 11.5 Å². The maximum Gasteiger partial charge on any atom is 0.329 e. The fourth-order valence-electron chi connectivity index (χ4n) is 10.1. The summed E-state index contributed by atoms with van der Waals surface area (Å²) < 4.78 is 35.9. The van der Waals surface area contributed by atoms with Gasteiger partial charge in [-0.15, -0.1) is 0 Å². The van der Waals surface area contributed by atoms with Crippen LogP contribution in [0.1, 0.15) is 112 Å². The van der Waals surface area contributed by atoms with Gasteiger partial charge in [0.1, 0.15) is 41.6 Å². The van der Waals surface area contributed by atoms with Crippen LogP contribution in [0.5, 0.6) is 11.5 Å². The Bertz CT molecular complexity index is 1780. The molecule has 1 amide bonds. The number of ether oxygens (including phenoxy) is 6. The first-order valence-corrected chi connectivity index (χ1v) is 23.0. The second kappa shape index (κ2) is 22.5. The molecule has 14 unspecified atom stereocenters. The lowest BCUT2D eigenvalue weighted by Crippen LogP contribution is -2.64. The van der Waals surface area contributed by atoms with Crippen molar-refractivity contribution >= 4 is 23.4 Å². The quantitative estimate of drug-likeness (QED) is 0.159. The summed E-state index contributed by atoms with van der Waals surface area (Å²) in [6.07, 6.45) is 2.99. The van der Waals surface area contributed by atoms with Gasteiger partial charge in [0.25, 0.3) is 11.7 Å². The van der Waals surface area contributed by atoms with Gasteiger partial charge >= 0.3 is 5.97 Å². The molecule has 2 bridgehead atoms. The lowest BCUT2D eigenvalue weighted by molar-refractivity contribution is -0.302. The minimum absolute atomic E-state index is 0.0221. The highest BCUT2D eigenvalue weighted by molar-refractivity contribution is 6.39. The van der Waals surface area contributed by atoms with E-state index in [9.17, 15) is 34.5 Å². The van der Waals surface area contributed by atoms with Crippen LogP contribution in [0, 0.1) is 29.6 Å². The molecule has 3 fully saturated rings. The number of nitrogens with zero attached hydrogens (tertiary/aromatic N) is 1. The third-order valence-corrected chi connectivity index (χ3v) is 13.9. The monoisotopic (exact) mass is 884 g/mol. The largest absolute Gasteiger partial charge is 0.497 e. The summed E-state index contributed by atoms with van der Waals surface area (Å²) in [4.78, 5) is 58.2. The number of cyclic esters (lactones) is 1. The van der Waals surface area contributed by atoms with Crippen molar-refractivity contribution < 1.29 is 62.9 Å². The molecule has 3 aliphatic heterocycles. The van der Waals surface area contributed by atoms with Crippen molar-refractivity contribution in [2.45, 2.75) is 167 Å². The van der Waals surface area contributed by atoms with Crippen LogP contribution >= 0.6 is 0 Å². The summed E-state index contributed by atoms with van der Waals surface area (Å²) in [6.45, 7) is 11.2. The lowest BCUT2D eigenvalue weighted by atomic mass is 9.81. The minimum atomic E-state index is -2.52. The first-order valence-electron chi connectivity index (χ1n) is 23.0. The number of aliphatic hydroxyl groups excluding tert-OH is 2. The molecule has 3 N–H and O–H groups in total. The van der Waals surface area contributed by atoms with E-state index in [0.29, 0.717) is 68.4 Å². The highest BCUT2D eigenvalue weighted by Crippen LogP contribution is 2.39. The molecule has 1 saturated carbocycles. The van der Waals surface area contributed by atoms with Gasteiger partial charge in [-0.1, -0.05) is 45.4 Å². The Morgan fingerprint density at radius 3 is 2.19 bits per heavy atom. The van der Waals surface area contributed by atoms with Gasteiger partial charge in [-0.3, -0.25) is 14.4 Å². The Kier molecular flexibility index (Phi) is 18.0. The van der Waals surface area contributed by atoms with E-state index in [1.165, 1.54) is 19.1 Å². The normalized spacial score (nSPS) is 38.1. The van der Waals surface area contributed by atoms with Gasteiger partial charge < -0.3 is 48.6 Å². The van der Waals surface area contributed by atoms with Crippen molar-refractivity contribution in [2.24, 2.45) is 29.6 Å². The van der Waals surface area contributed by atoms with Crippen molar-refractivity contribution in [1.82, 2.24) is 4.90 Å². The summed E-state index contributed by atoms with van der Waals surface area (Å²) in [5.74, 6) is -6.48. The van der Waals surface area contributed by atoms with Crippen LogP contribution in [-0.4, -0.2) is 126 Å². The van der Waals surface area contributed by atoms with E-state index in [2.05, 4.69) is 0 Å². The van der Waals surface area contributed by atoms with Crippen molar-refractivity contribution in [1.29, 1.82) is 0 Å². The topological polar surface area (TPSA) is 188 Å². The number of fused-ring (bicyclic) bond motifs is 3. The van der Waals surface area contributed by atoms with E-state index < -0.39 is 90.0 Å². The van der Waals surface area contributed by atoms with Crippen LogP contribution in [-0.2, 0) is 38.1 Å². The van der Waals surface area contributed by atoms with E-state index in [1.54, 1.807) is 45.2 Å². The van der Waals surface area contributed by atoms with Gasteiger partial charge in [0.05, 0.1) is 31.5 Å². The fraction of sp³-hybridized carbons (Fsp3) is 0.714. The molecule has 14 heteroatoms. The van der Waals surface area contributed by atoms with E-state index >= 15 is 0 Å². The van der Waals surface area contributed by atoms with Gasteiger partial charge in [0.2, 0.25) is 5.79 Å². The summed E-state index contributed by atoms with van der Waals surface area (Å²) in [7, 11) is 4.64. The number of carbonyl (C=O) groups is 4. The Labute approximate surface area is 373 Å². The van der Waals surface area contributed by atoms with Crippen molar-refractivity contribution in [3.05, 3.63) is 47.6 Å². The van der Waals surface area contributed by atoms with Crippen molar-refractivity contribution in [3.63, 3.8) is 0 Å². The molecule has 0 spiro atoms. The number of piperidine rings is 1. The number of carbonyl (C=O) groups excluding carboxylic acids is 4. The smallest absolute Gasteiger partial charge is 0.329 e. The van der Waals surface area contributed by atoms with Gasteiger partial charge in [-0.25, -0.2) is 4.79 Å². The molecular weight excluding hydrogens is 811 g/mol. The van der Waals surface area contributed by atoms with Gasteiger partial charge in [0, 0.05) is 44.9 Å². The number of benzene rings is 1. The predicted octanol–water partition coefficient (Wildman–Crippen LogP) is 5.91. The summed E-state index contributed by atoms with van der Waals surface area (Å²) >= 11 is 0. The van der Waals surface area contributed by atoms with Crippen molar-refractivity contribution in [2.75, 3.05) is 27.9 Å². The highest BCUT2D eigenvalue weighted by atomic mass is 16.7. The molecule has 3 heterocycles. The number of allylic oxidation sites excluding steroid dienone is 3. The summed E-state index contributed by atoms with van der Waals surface area (Å²) in [5, 5.41) is 34.8. The molecular formula is C49H73NO13. The number of esters is 1. The second-order valence-electron chi connectivity index (χ2n) is 18.7. The first kappa shape index (κ1) is 50.3. The number of ketones is 2. The molecule has 2 saturated heterocycles. The number of methoxy groups -OCH3 is 3. The van der Waals surface area contributed by atoms with E-state index in [4.69, 9.17) is 28.4 Å². The number of rotatable bonds is 8. The maximum absolute atomic E-state index is 14.5. The van der Waals surface area contributed by atoms with Gasteiger partial charge in [-0.05, 0) is 120 Å². The fourth-order valence-corrected chi connectivity index (χ4v) is 10.1. The maximum atomic E-state index is 14.5. The number of Topliss-reactive ketones (excluding diaryl/α,β-unsaturated/α-hetero) is 2. The second-order valence-corrected chi connectivity index (χ2v) is 18.7. The molecule has 5 rings (SSSR count). The molecule has 1 aromatic rings. The Balaban J connectivity index is 1.50. The SMILES string of the molecule is CCC1/C=C(\C)CC(C)CC(OC)C2OC(O)(C(=O)C(=O)N3CCCCC3C(=O)OC(C(C)=CC3CCC(O)C(Oc4ccc(OC)cc4)C3)C(C)C(O)CC1=O)C(C)CC2OC. The highest BCUT2D eigenvalue weighted by Gasteiger charge is 2.56. The minimum Gasteiger partial charge on any atom is -0.497 e. The van der Waals surface area contributed by atoms with E-state index in [0.717, 1.165) is 5.57 Å². The molecule has 0 radical (unpaired) electrons. The van der Waals surface area contributed by atoms with Gasteiger partial charge in [-0.2, -0.15) is 0 Å². The Morgan fingerprint density at radius 2 is 1.54 bits per heavy atom. The summed E-state index contributed by atoms with van der Waals surface area (Å²) in [6, 6.07) is 5.98. The zero-order valence-electron chi connectivity index (χ0n) is 38.8. The van der Waals surface area contributed by atoms with Crippen LogP contribution in [0.25, 0.3) is 0 Å². The summed E-state index contributed by atoms with van der Waals surface area (Å²) in [5.41, 5.74) is 1.62. The zero-order chi connectivity index (χ0) is 46.2. The molecule has 1 aromatic carbocycles. The predicted molar refractivity (Wildman–Crippen MR) is 235 cm³/mol.